The maximum Gasteiger partial charge on any atom is 0.254 e. The lowest BCUT2D eigenvalue weighted by atomic mass is 9.84. The summed E-state index contributed by atoms with van der Waals surface area (Å²) in [7, 11) is 0. The number of hydrogen-bond acceptors (Lipinski definition) is 3. The quantitative estimate of drug-likeness (QED) is 0.806. The van der Waals surface area contributed by atoms with Crippen LogP contribution in [0.3, 0.4) is 0 Å². The maximum absolute atomic E-state index is 14.0. The van der Waals surface area contributed by atoms with Gasteiger partial charge in [0.25, 0.3) is 5.91 Å². The highest BCUT2D eigenvalue weighted by atomic mass is 19.1. The molecule has 1 amide bonds. The van der Waals surface area contributed by atoms with Crippen molar-refractivity contribution in [2.24, 2.45) is 5.92 Å². The minimum absolute atomic E-state index is 0.0546. The molecule has 108 valence electrons. The third-order valence-electron chi connectivity index (χ3n) is 4.49. The van der Waals surface area contributed by atoms with Gasteiger partial charge in [-0.2, -0.15) is 0 Å². The van der Waals surface area contributed by atoms with Gasteiger partial charge < -0.3 is 16.0 Å². The lowest BCUT2D eigenvalue weighted by molar-refractivity contribution is 0.0618. The number of carbonyl (C=O) groups is 1. The van der Waals surface area contributed by atoms with Crippen molar-refractivity contribution in [3.63, 3.8) is 0 Å². The summed E-state index contributed by atoms with van der Waals surface area (Å²) in [5.41, 5.74) is 6.59. The van der Waals surface area contributed by atoms with Crippen LogP contribution in [0.25, 0.3) is 0 Å². The molecule has 3 saturated heterocycles. The zero-order valence-corrected chi connectivity index (χ0v) is 11.7. The van der Waals surface area contributed by atoms with E-state index < -0.39 is 5.82 Å². The molecule has 0 saturated carbocycles. The predicted octanol–water partition coefficient (Wildman–Crippen LogP) is 1.54. The second kappa shape index (κ2) is 5.05. The number of nitrogens with zero attached hydrogens (tertiary/aromatic N) is 1. The van der Waals surface area contributed by atoms with Gasteiger partial charge in [-0.3, -0.25) is 4.79 Å². The van der Waals surface area contributed by atoms with Gasteiger partial charge in [0, 0.05) is 18.3 Å². The number of amides is 1. The summed E-state index contributed by atoms with van der Waals surface area (Å²) in [5, 5.41) is 2.99. The summed E-state index contributed by atoms with van der Waals surface area (Å²) in [6, 6.07) is 3.09. The van der Waals surface area contributed by atoms with E-state index in [1.54, 1.807) is 13.0 Å². The maximum atomic E-state index is 14.0. The Hall–Kier alpha value is -1.62. The Bertz CT molecular complexity index is 538. The van der Waals surface area contributed by atoms with Crippen LogP contribution in [0.5, 0.6) is 0 Å². The van der Waals surface area contributed by atoms with E-state index in [2.05, 4.69) is 10.2 Å². The zero-order chi connectivity index (χ0) is 14.3. The molecule has 3 heterocycles. The van der Waals surface area contributed by atoms with Gasteiger partial charge in [0.15, 0.2) is 0 Å². The van der Waals surface area contributed by atoms with Gasteiger partial charge in [-0.25, -0.2) is 4.39 Å². The van der Waals surface area contributed by atoms with Crippen LogP contribution in [0.4, 0.5) is 10.1 Å². The first-order valence-corrected chi connectivity index (χ1v) is 7.13. The van der Waals surface area contributed by atoms with Crippen LogP contribution >= 0.6 is 0 Å². The number of carbonyl (C=O) groups excluding carboxylic acids is 1. The van der Waals surface area contributed by atoms with Crippen LogP contribution in [0.1, 0.15) is 28.8 Å². The molecule has 0 radical (unpaired) electrons. The van der Waals surface area contributed by atoms with E-state index in [0.29, 0.717) is 17.2 Å². The van der Waals surface area contributed by atoms with Gasteiger partial charge in [-0.15, -0.1) is 0 Å². The summed E-state index contributed by atoms with van der Waals surface area (Å²) in [6.07, 6.45) is 2.23. The third-order valence-corrected chi connectivity index (χ3v) is 4.49. The van der Waals surface area contributed by atoms with Gasteiger partial charge >= 0.3 is 0 Å². The number of nitrogen functional groups attached to an aromatic ring is 1. The normalized spacial score (nSPS) is 28.4. The Labute approximate surface area is 118 Å². The smallest absolute Gasteiger partial charge is 0.254 e. The number of aryl methyl sites for hydroxylation is 1. The minimum Gasteiger partial charge on any atom is -0.399 e. The lowest BCUT2D eigenvalue weighted by Crippen LogP contribution is -2.57. The van der Waals surface area contributed by atoms with E-state index in [1.807, 2.05) is 0 Å². The van der Waals surface area contributed by atoms with Crippen LogP contribution in [0.2, 0.25) is 0 Å². The van der Waals surface area contributed by atoms with E-state index in [1.165, 1.54) is 6.07 Å². The molecule has 1 unspecified atom stereocenters. The second-order valence-corrected chi connectivity index (χ2v) is 5.92. The van der Waals surface area contributed by atoms with Gasteiger partial charge in [0.1, 0.15) is 5.82 Å². The molecule has 3 aliphatic rings. The fourth-order valence-corrected chi connectivity index (χ4v) is 3.34. The fourth-order valence-electron chi connectivity index (χ4n) is 3.34. The summed E-state index contributed by atoms with van der Waals surface area (Å²) in [4.78, 5) is 14.6. The third kappa shape index (κ3) is 2.38. The Balaban J connectivity index is 1.77. The van der Waals surface area contributed by atoms with Gasteiger partial charge in [0.05, 0.1) is 5.56 Å². The summed E-state index contributed by atoms with van der Waals surface area (Å²) in [5.74, 6) is -0.302. The number of benzene rings is 1. The first-order chi connectivity index (χ1) is 9.54. The summed E-state index contributed by atoms with van der Waals surface area (Å²) in [6.45, 7) is 4.72. The zero-order valence-electron chi connectivity index (χ0n) is 11.7. The van der Waals surface area contributed by atoms with E-state index in [4.69, 9.17) is 5.73 Å². The molecular weight excluding hydrogens is 257 g/mol. The van der Waals surface area contributed by atoms with Crippen molar-refractivity contribution in [3.05, 3.63) is 29.1 Å². The van der Waals surface area contributed by atoms with Crippen molar-refractivity contribution >= 4 is 11.6 Å². The van der Waals surface area contributed by atoms with Crippen LogP contribution in [0.15, 0.2) is 12.1 Å². The van der Waals surface area contributed by atoms with Gasteiger partial charge in [-0.1, -0.05) is 0 Å². The number of halogens is 1. The molecule has 1 aromatic rings. The van der Waals surface area contributed by atoms with Crippen molar-refractivity contribution in [1.29, 1.82) is 0 Å². The number of anilines is 1. The number of nitrogens with one attached hydrogen (secondary N) is 1. The van der Waals surface area contributed by atoms with Crippen LogP contribution in [-0.2, 0) is 0 Å². The number of fused-ring (bicyclic) bond motifs is 3. The van der Waals surface area contributed by atoms with Gasteiger partial charge in [-0.05, 0) is 56.5 Å². The predicted molar refractivity (Wildman–Crippen MR) is 76.0 cm³/mol. The highest BCUT2D eigenvalue weighted by Gasteiger charge is 2.35. The first-order valence-electron chi connectivity index (χ1n) is 7.13. The number of nitrogens with two attached hydrogens (primary N) is 1. The van der Waals surface area contributed by atoms with Crippen molar-refractivity contribution in [2.75, 3.05) is 25.4 Å². The highest BCUT2D eigenvalue weighted by Crippen LogP contribution is 2.28. The monoisotopic (exact) mass is 277 g/mol. The molecule has 3 N–H and O–H groups in total. The molecule has 3 fully saturated rings. The van der Waals surface area contributed by atoms with Crippen molar-refractivity contribution < 1.29 is 9.18 Å². The fraction of sp³-hybridized carbons (Fsp3) is 0.533. The first kappa shape index (κ1) is 13.4. The largest absolute Gasteiger partial charge is 0.399 e. The Morgan fingerprint density at radius 3 is 2.70 bits per heavy atom. The number of rotatable bonds is 2. The average molecular weight is 277 g/mol. The topological polar surface area (TPSA) is 58.4 Å². The lowest BCUT2D eigenvalue weighted by Gasteiger charge is -2.44. The molecule has 4 nitrogen and oxygen atoms in total. The SMILES string of the molecule is Cc1cc(N)cc(C(=O)NC2CN3CCC2CC3)c1F. The molecule has 2 bridgehead atoms. The van der Waals surface area contributed by atoms with Crippen LogP contribution in [0, 0.1) is 18.7 Å². The van der Waals surface area contributed by atoms with Crippen molar-refractivity contribution in [2.45, 2.75) is 25.8 Å². The summed E-state index contributed by atoms with van der Waals surface area (Å²) >= 11 is 0. The minimum atomic E-state index is -0.474. The molecular formula is C15H20FN3O. The van der Waals surface area contributed by atoms with Gasteiger partial charge in [0.2, 0.25) is 0 Å². The molecule has 0 spiro atoms. The molecule has 0 aromatic heterocycles. The van der Waals surface area contributed by atoms with E-state index in [0.717, 1.165) is 32.5 Å². The standard InChI is InChI=1S/C15H20FN3O/c1-9-6-11(17)7-12(14(9)16)15(20)18-13-8-19-4-2-10(13)3-5-19/h6-7,10,13H,2-5,8,17H2,1H3,(H,18,20). The Kier molecular flexibility index (Phi) is 3.38. The van der Waals surface area contributed by atoms with Crippen LogP contribution < -0.4 is 11.1 Å². The van der Waals surface area contributed by atoms with Crippen molar-refractivity contribution in [3.8, 4) is 0 Å². The Morgan fingerprint density at radius 1 is 1.40 bits per heavy atom. The average Bonchev–Trinajstić information content (AvgIpc) is 2.44. The molecule has 1 aromatic carbocycles. The van der Waals surface area contributed by atoms with E-state index >= 15 is 0 Å². The van der Waals surface area contributed by atoms with E-state index in [9.17, 15) is 9.18 Å². The Morgan fingerprint density at radius 2 is 2.10 bits per heavy atom. The van der Waals surface area contributed by atoms with E-state index in [-0.39, 0.29) is 17.5 Å². The molecule has 3 aliphatic heterocycles. The summed E-state index contributed by atoms with van der Waals surface area (Å²) < 4.78 is 14.0. The van der Waals surface area contributed by atoms with Crippen LogP contribution in [-0.4, -0.2) is 36.5 Å². The number of hydrogen-bond donors (Lipinski definition) is 2. The second-order valence-electron chi connectivity index (χ2n) is 5.92. The molecule has 1 atom stereocenters. The molecule has 0 aliphatic carbocycles. The molecule has 20 heavy (non-hydrogen) atoms. The van der Waals surface area contributed by atoms with Crippen molar-refractivity contribution in [1.82, 2.24) is 10.2 Å². The number of piperidine rings is 3. The molecule has 4 rings (SSSR count). The highest BCUT2D eigenvalue weighted by molar-refractivity contribution is 5.95. The molecule has 5 heteroatoms.